The van der Waals surface area contributed by atoms with Crippen LogP contribution in [0.5, 0.6) is 0 Å². The lowest BCUT2D eigenvalue weighted by molar-refractivity contribution is -0.139. The van der Waals surface area contributed by atoms with Gasteiger partial charge in [-0.05, 0) is 6.42 Å². The highest BCUT2D eigenvalue weighted by Gasteiger charge is 2.12. The summed E-state index contributed by atoms with van der Waals surface area (Å²) in [5.41, 5.74) is -0.301. The average Bonchev–Trinajstić information content (AvgIpc) is 2.10. The molecule has 0 amide bonds. The van der Waals surface area contributed by atoms with Crippen LogP contribution >= 0.6 is 0 Å². The summed E-state index contributed by atoms with van der Waals surface area (Å²) in [7, 11) is 0. The van der Waals surface area contributed by atoms with Crippen molar-refractivity contribution in [3.05, 3.63) is 11.6 Å². The Bertz CT molecular complexity index is 244. The van der Waals surface area contributed by atoms with Crippen LogP contribution < -0.4 is 0 Å². The molecule has 0 heterocycles. The van der Waals surface area contributed by atoms with Gasteiger partial charge in [0.2, 0.25) is 0 Å². The largest absolute Gasteiger partial charge is 0.481 e. The molecule has 0 spiro atoms. The van der Waals surface area contributed by atoms with E-state index in [1.54, 1.807) is 0 Å². The third-order valence-corrected chi connectivity index (χ3v) is 1.46. The molecule has 0 bridgehead atoms. The first-order chi connectivity index (χ1) is 6.47. The van der Waals surface area contributed by atoms with E-state index in [1.165, 1.54) is 0 Å². The van der Waals surface area contributed by atoms with E-state index in [4.69, 9.17) is 20.4 Å². The first-order valence-electron chi connectivity index (χ1n) is 3.90. The number of rotatable bonds is 6. The fourth-order valence-electron chi connectivity index (χ4n) is 0.751. The molecule has 80 valence electrons. The maximum Gasteiger partial charge on any atom is 0.331 e. The van der Waals surface area contributed by atoms with E-state index in [2.05, 4.69) is 0 Å². The van der Waals surface area contributed by atoms with Gasteiger partial charge in [0.05, 0.1) is 19.1 Å². The van der Waals surface area contributed by atoms with E-state index < -0.39 is 31.1 Å². The van der Waals surface area contributed by atoms with Crippen molar-refractivity contribution in [1.82, 2.24) is 0 Å². The first kappa shape index (κ1) is 12.6. The summed E-state index contributed by atoms with van der Waals surface area (Å²) in [4.78, 5) is 20.7. The second-order valence-corrected chi connectivity index (χ2v) is 2.68. The van der Waals surface area contributed by atoms with Gasteiger partial charge in [0.1, 0.15) is 0 Å². The molecule has 0 aliphatic rings. The highest BCUT2D eigenvalue weighted by Crippen LogP contribution is 2.05. The van der Waals surface area contributed by atoms with E-state index in [0.717, 1.165) is 6.08 Å². The Morgan fingerprint density at radius 3 is 2.21 bits per heavy atom. The average molecular weight is 204 g/mol. The molecule has 14 heavy (non-hydrogen) atoms. The number of hydrogen-bond acceptors (Lipinski definition) is 4. The molecular weight excluding hydrogens is 192 g/mol. The van der Waals surface area contributed by atoms with Crippen LogP contribution in [0.25, 0.3) is 0 Å². The highest BCUT2D eigenvalue weighted by atomic mass is 16.4. The van der Waals surface area contributed by atoms with E-state index in [9.17, 15) is 9.59 Å². The zero-order valence-corrected chi connectivity index (χ0v) is 7.38. The van der Waals surface area contributed by atoms with Crippen LogP contribution in [0.3, 0.4) is 0 Å². The van der Waals surface area contributed by atoms with E-state index in [-0.39, 0.29) is 12.0 Å². The second kappa shape index (κ2) is 6.11. The van der Waals surface area contributed by atoms with Crippen molar-refractivity contribution in [2.75, 3.05) is 6.61 Å². The van der Waals surface area contributed by atoms with Crippen molar-refractivity contribution in [2.24, 2.45) is 0 Å². The zero-order chi connectivity index (χ0) is 11.1. The number of aliphatic hydroxyl groups excluding tert-OH is 2. The Labute approximate surface area is 80.1 Å². The van der Waals surface area contributed by atoms with Crippen LogP contribution in [-0.2, 0) is 9.59 Å². The van der Waals surface area contributed by atoms with Gasteiger partial charge in [-0.15, -0.1) is 0 Å². The number of carboxylic acids is 2. The first-order valence-corrected chi connectivity index (χ1v) is 3.90. The van der Waals surface area contributed by atoms with Crippen LogP contribution in [0.2, 0.25) is 0 Å². The monoisotopic (exact) mass is 204 g/mol. The molecule has 0 saturated carbocycles. The Morgan fingerprint density at radius 1 is 1.29 bits per heavy atom. The number of aliphatic carboxylic acids is 2. The molecule has 0 aromatic heterocycles. The molecule has 0 aromatic rings. The van der Waals surface area contributed by atoms with Crippen LogP contribution in [0.1, 0.15) is 12.8 Å². The van der Waals surface area contributed by atoms with Crippen molar-refractivity contribution in [2.45, 2.75) is 18.9 Å². The smallest absolute Gasteiger partial charge is 0.331 e. The zero-order valence-electron chi connectivity index (χ0n) is 7.38. The van der Waals surface area contributed by atoms with E-state index in [0.29, 0.717) is 0 Å². The highest BCUT2D eigenvalue weighted by molar-refractivity contribution is 5.91. The molecule has 0 radical (unpaired) electrons. The Balaban J connectivity index is 4.33. The van der Waals surface area contributed by atoms with Crippen molar-refractivity contribution >= 4 is 11.9 Å². The molecule has 0 aromatic carbocycles. The fourth-order valence-corrected chi connectivity index (χ4v) is 0.751. The maximum atomic E-state index is 10.5. The van der Waals surface area contributed by atoms with Crippen molar-refractivity contribution in [3.8, 4) is 0 Å². The maximum absolute atomic E-state index is 10.5. The van der Waals surface area contributed by atoms with Crippen LogP contribution in [-0.4, -0.2) is 45.1 Å². The molecule has 6 nitrogen and oxygen atoms in total. The molecule has 1 unspecified atom stereocenters. The van der Waals surface area contributed by atoms with E-state index >= 15 is 0 Å². The van der Waals surface area contributed by atoms with Crippen LogP contribution in [0, 0.1) is 0 Å². The summed E-state index contributed by atoms with van der Waals surface area (Å²) in [5, 5.41) is 34.2. The van der Waals surface area contributed by atoms with Gasteiger partial charge in [-0.2, -0.15) is 0 Å². The minimum Gasteiger partial charge on any atom is -0.481 e. The molecular formula is C8H12O6. The molecule has 0 saturated heterocycles. The van der Waals surface area contributed by atoms with Gasteiger partial charge in [-0.25, -0.2) is 4.79 Å². The predicted molar refractivity (Wildman–Crippen MR) is 45.7 cm³/mol. The lowest BCUT2D eigenvalue weighted by atomic mass is 10.1. The van der Waals surface area contributed by atoms with E-state index in [1.807, 2.05) is 0 Å². The number of aliphatic hydroxyl groups is 2. The number of hydrogen-bond donors (Lipinski definition) is 4. The topological polar surface area (TPSA) is 115 Å². The second-order valence-electron chi connectivity index (χ2n) is 2.68. The third kappa shape index (κ3) is 5.28. The summed E-state index contributed by atoms with van der Waals surface area (Å²) in [6, 6.07) is 0. The molecule has 1 atom stereocenters. The van der Waals surface area contributed by atoms with Gasteiger partial charge < -0.3 is 20.4 Å². The van der Waals surface area contributed by atoms with Crippen molar-refractivity contribution < 1.29 is 30.0 Å². The molecule has 0 aliphatic carbocycles. The summed E-state index contributed by atoms with van der Waals surface area (Å²) < 4.78 is 0. The Morgan fingerprint density at radius 2 is 1.86 bits per heavy atom. The van der Waals surface area contributed by atoms with Gasteiger partial charge in [-0.3, -0.25) is 4.79 Å². The summed E-state index contributed by atoms with van der Waals surface area (Å²) in [6.07, 6.45) is -0.644. The van der Waals surface area contributed by atoms with Crippen molar-refractivity contribution in [3.63, 3.8) is 0 Å². The lowest BCUT2D eigenvalue weighted by Crippen LogP contribution is -2.12. The molecule has 0 aliphatic heterocycles. The van der Waals surface area contributed by atoms with Gasteiger partial charge >= 0.3 is 11.9 Å². The molecule has 6 heteroatoms. The summed E-state index contributed by atoms with van der Waals surface area (Å²) >= 11 is 0. The lowest BCUT2D eigenvalue weighted by Gasteiger charge is -2.03. The van der Waals surface area contributed by atoms with Gasteiger partial charge in [0, 0.05) is 5.57 Å². The molecule has 0 fully saturated rings. The molecule has 4 N–H and O–H groups in total. The van der Waals surface area contributed by atoms with Crippen LogP contribution in [0.15, 0.2) is 11.6 Å². The van der Waals surface area contributed by atoms with Gasteiger partial charge in [-0.1, -0.05) is 6.08 Å². The Kier molecular flexibility index (Phi) is 5.50. The third-order valence-electron chi connectivity index (χ3n) is 1.46. The quantitative estimate of drug-likeness (QED) is 0.422. The van der Waals surface area contributed by atoms with Gasteiger partial charge in [0.15, 0.2) is 0 Å². The standard InChI is InChI=1S/C8H12O6/c9-4-6(10)2-1-5(8(13)14)3-7(11)12/h1,6,9-10H,2-4H2,(H,11,12)(H,13,14). The predicted octanol–water partition coefficient (Wildman–Crippen LogP) is -0.785. The fraction of sp³-hybridized carbons (Fsp3) is 0.500. The SMILES string of the molecule is O=C(O)CC(=CCC(O)CO)C(=O)O. The van der Waals surface area contributed by atoms with Crippen molar-refractivity contribution in [1.29, 1.82) is 0 Å². The summed E-state index contributed by atoms with van der Waals surface area (Å²) in [5.74, 6) is -2.59. The normalized spacial score (nSPS) is 13.7. The number of carboxylic acid groups (broad SMARTS) is 2. The van der Waals surface area contributed by atoms with Crippen LogP contribution in [0.4, 0.5) is 0 Å². The minimum absolute atomic E-state index is 0.0780. The Hall–Kier alpha value is -1.40. The summed E-state index contributed by atoms with van der Waals surface area (Å²) in [6.45, 7) is -0.490. The molecule has 0 rings (SSSR count). The number of carbonyl (C=O) groups is 2. The minimum atomic E-state index is -1.34. The van der Waals surface area contributed by atoms with Gasteiger partial charge in [0.25, 0.3) is 0 Å².